The van der Waals surface area contributed by atoms with Gasteiger partial charge in [-0.3, -0.25) is 4.79 Å². The highest BCUT2D eigenvalue weighted by Crippen LogP contribution is 2.31. The average molecular weight is 382 g/mol. The number of esters is 1. The van der Waals surface area contributed by atoms with Gasteiger partial charge >= 0.3 is 5.97 Å². The average Bonchev–Trinajstić information content (AvgIpc) is 2.72. The number of methoxy groups -OCH3 is 1. The van der Waals surface area contributed by atoms with E-state index in [1.54, 1.807) is 24.3 Å². The van der Waals surface area contributed by atoms with E-state index in [9.17, 15) is 9.59 Å². The van der Waals surface area contributed by atoms with Crippen molar-refractivity contribution in [2.75, 3.05) is 40.9 Å². The molecule has 1 fully saturated rings. The van der Waals surface area contributed by atoms with Gasteiger partial charge in [0, 0.05) is 18.7 Å². The summed E-state index contributed by atoms with van der Waals surface area (Å²) >= 11 is 0. The van der Waals surface area contributed by atoms with Crippen LogP contribution in [0.1, 0.15) is 32.3 Å². The van der Waals surface area contributed by atoms with Gasteiger partial charge in [-0.2, -0.15) is 0 Å². The summed E-state index contributed by atoms with van der Waals surface area (Å²) in [5.74, 6) is -0.576. The zero-order valence-corrected chi connectivity index (χ0v) is 16.5. The van der Waals surface area contributed by atoms with Crippen molar-refractivity contribution < 1.29 is 19.1 Å². The molecule has 0 bridgehead atoms. The minimum Gasteiger partial charge on any atom is -0.465 e. The van der Waals surface area contributed by atoms with Crippen LogP contribution in [0.2, 0.25) is 0 Å². The van der Waals surface area contributed by atoms with E-state index in [1.165, 1.54) is 7.11 Å². The molecule has 0 radical (unpaired) electrons. The van der Waals surface area contributed by atoms with E-state index in [-0.39, 0.29) is 18.1 Å². The topological polar surface area (TPSA) is 59.1 Å². The molecule has 28 heavy (non-hydrogen) atoms. The van der Waals surface area contributed by atoms with Crippen molar-refractivity contribution in [2.45, 2.75) is 12.1 Å². The first-order valence-electron chi connectivity index (χ1n) is 9.32. The first-order chi connectivity index (χ1) is 13.5. The number of benzene rings is 2. The highest BCUT2D eigenvalue weighted by molar-refractivity contribution is 5.98. The number of amides is 1. The molecule has 0 aromatic heterocycles. The second-order valence-corrected chi connectivity index (χ2v) is 7.10. The Morgan fingerprint density at radius 2 is 1.82 bits per heavy atom. The van der Waals surface area contributed by atoms with E-state index in [0.29, 0.717) is 30.8 Å². The minimum atomic E-state index is -0.457. The van der Waals surface area contributed by atoms with Gasteiger partial charge in [0.2, 0.25) is 0 Å². The highest BCUT2D eigenvalue weighted by Gasteiger charge is 2.37. The first kappa shape index (κ1) is 20.0. The van der Waals surface area contributed by atoms with Crippen LogP contribution in [0.25, 0.3) is 0 Å². The molecular formula is C22H26N2O4. The van der Waals surface area contributed by atoms with Crippen molar-refractivity contribution in [3.05, 3.63) is 71.3 Å². The molecule has 148 valence electrons. The molecule has 2 atom stereocenters. The molecule has 0 saturated carbocycles. The number of nitrogens with zero attached hydrogens (tertiary/aromatic N) is 2. The molecule has 3 rings (SSSR count). The van der Waals surface area contributed by atoms with Crippen LogP contribution in [0, 0.1) is 0 Å². The zero-order valence-electron chi connectivity index (χ0n) is 16.5. The fourth-order valence-electron chi connectivity index (χ4n) is 3.58. The number of likely N-dealkylation sites (N-methyl/N-ethyl adjacent to an activating group) is 1. The lowest BCUT2D eigenvalue weighted by atomic mass is 9.96. The maximum atomic E-state index is 13.4. The Balaban J connectivity index is 1.95. The van der Waals surface area contributed by atoms with Crippen LogP contribution < -0.4 is 0 Å². The lowest BCUT2D eigenvalue weighted by Crippen LogP contribution is -2.51. The maximum absolute atomic E-state index is 13.4. The predicted molar refractivity (Wildman–Crippen MR) is 106 cm³/mol. The molecular weight excluding hydrogens is 356 g/mol. The molecule has 0 spiro atoms. The number of carbonyl (C=O) groups is 2. The van der Waals surface area contributed by atoms with Crippen molar-refractivity contribution in [3.8, 4) is 0 Å². The Kier molecular flexibility index (Phi) is 6.44. The van der Waals surface area contributed by atoms with Crippen molar-refractivity contribution in [3.63, 3.8) is 0 Å². The first-order valence-corrected chi connectivity index (χ1v) is 9.32. The predicted octanol–water partition coefficient (Wildman–Crippen LogP) is 2.62. The number of morpholine rings is 1. The van der Waals surface area contributed by atoms with E-state index >= 15 is 0 Å². The number of hydrogen-bond donors (Lipinski definition) is 0. The highest BCUT2D eigenvalue weighted by atomic mass is 16.5. The van der Waals surface area contributed by atoms with Crippen molar-refractivity contribution in [1.29, 1.82) is 0 Å². The van der Waals surface area contributed by atoms with Crippen LogP contribution in [0.15, 0.2) is 54.6 Å². The van der Waals surface area contributed by atoms with Gasteiger partial charge in [0.25, 0.3) is 5.91 Å². The molecule has 6 nitrogen and oxygen atoms in total. The van der Waals surface area contributed by atoms with Crippen LogP contribution in [-0.4, -0.2) is 68.7 Å². The van der Waals surface area contributed by atoms with E-state index < -0.39 is 5.97 Å². The second kappa shape index (κ2) is 8.99. The van der Waals surface area contributed by atoms with Crippen molar-refractivity contribution in [1.82, 2.24) is 9.80 Å². The molecule has 1 heterocycles. The smallest absolute Gasteiger partial charge is 0.337 e. The molecule has 2 aromatic rings. The van der Waals surface area contributed by atoms with Crippen molar-refractivity contribution in [2.24, 2.45) is 0 Å². The summed E-state index contributed by atoms with van der Waals surface area (Å²) in [6, 6.07) is 16.4. The lowest BCUT2D eigenvalue weighted by Gasteiger charge is -2.42. The van der Waals surface area contributed by atoms with Gasteiger partial charge in [-0.25, -0.2) is 4.79 Å². The molecule has 0 N–H and O–H groups in total. The van der Waals surface area contributed by atoms with Gasteiger partial charge in [-0.05, 0) is 37.9 Å². The largest absolute Gasteiger partial charge is 0.465 e. The summed E-state index contributed by atoms with van der Waals surface area (Å²) in [5, 5.41) is 0. The van der Waals surface area contributed by atoms with Crippen LogP contribution >= 0.6 is 0 Å². The van der Waals surface area contributed by atoms with Gasteiger partial charge in [-0.15, -0.1) is 0 Å². The summed E-state index contributed by atoms with van der Waals surface area (Å²) in [5.41, 5.74) is 1.86. The summed E-state index contributed by atoms with van der Waals surface area (Å²) < 4.78 is 10.8. The molecule has 6 heteroatoms. The lowest BCUT2D eigenvalue weighted by molar-refractivity contribution is -0.0684. The quantitative estimate of drug-likeness (QED) is 0.744. The molecule has 1 aliphatic rings. The third-order valence-corrected chi connectivity index (χ3v) is 4.83. The molecule has 1 aliphatic heterocycles. The fraction of sp³-hybridized carbons (Fsp3) is 0.364. The van der Waals surface area contributed by atoms with Gasteiger partial charge in [0.1, 0.15) is 0 Å². The van der Waals surface area contributed by atoms with Crippen LogP contribution in [0.3, 0.4) is 0 Å². The molecule has 1 saturated heterocycles. The Morgan fingerprint density at radius 1 is 1.11 bits per heavy atom. The molecule has 2 aromatic carbocycles. The summed E-state index contributed by atoms with van der Waals surface area (Å²) in [7, 11) is 5.31. The third-order valence-electron chi connectivity index (χ3n) is 4.83. The third kappa shape index (κ3) is 4.40. The standard InChI is InChI=1S/C22H26N2O4/c1-23(2)15-19-20(16-8-5-4-6-9-16)24(12-13-28-19)21(25)17-10-7-11-18(14-17)22(26)27-3/h4-11,14,19-20H,12-13,15H2,1-3H3/t19-,20-/m0/s1. The minimum absolute atomic E-state index is 0.119. The number of carbonyl (C=O) groups excluding carboxylic acids is 2. The van der Waals surface area contributed by atoms with Crippen molar-refractivity contribution >= 4 is 11.9 Å². The molecule has 0 aliphatic carbocycles. The Morgan fingerprint density at radius 3 is 2.50 bits per heavy atom. The Bertz CT molecular complexity index is 822. The van der Waals surface area contributed by atoms with E-state index in [2.05, 4.69) is 4.90 Å². The Labute approximate surface area is 165 Å². The van der Waals surface area contributed by atoms with Crippen LogP contribution in [0.5, 0.6) is 0 Å². The zero-order chi connectivity index (χ0) is 20.1. The maximum Gasteiger partial charge on any atom is 0.337 e. The summed E-state index contributed by atoms with van der Waals surface area (Å²) in [4.78, 5) is 29.1. The summed E-state index contributed by atoms with van der Waals surface area (Å²) in [6.07, 6.45) is -0.140. The number of ether oxygens (including phenoxy) is 2. The monoisotopic (exact) mass is 382 g/mol. The Hall–Kier alpha value is -2.70. The SMILES string of the molecule is COC(=O)c1cccc(C(=O)N2CCO[C@@H](CN(C)C)[C@@H]2c2ccccc2)c1. The van der Waals surface area contributed by atoms with E-state index in [4.69, 9.17) is 9.47 Å². The normalized spacial score (nSPS) is 19.5. The molecule has 0 unspecified atom stereocenters. The van der Waals surface area contributed by atoms with Gasteiger partial charge < -0.3 is 19.3 Å². The van der Waals surface area contributed by atoms with Gasteiger partial charge in [0.15, 0.2) is 0 Å². The number of hydrogen-bond acceptors (Lipinski definition) is 5. The van der Waals surface area contributed by atoms with Gasteiger partial charge in [-0.1, -0.05) is 36.4 Å². The number of rotatable bonds is 5. The van der Waals surface area contributed by atoms with Crippen LogP contribution in [-0.2, 0) is 9.47 Å². The fourth-order valence-corrected chi connectivity index (χ4v) is 3.58. The van der Waals surface area contributed by atoms with E-state index in [1.807, 2.05) is 49.3 Å². The summed E-state index contributed by atoms with van der Waals surface area (Å²) in [6.45, 7) is 1.67. The van der Waals surface area contributed by atoms with Gasteiger partial charge in [0.05, 0.1) is 31.4 Å². The van der Waals surface area contributed by atoms with E-state index in [0.717, 1.165) is 5.56 Å². The van der Waals surface area contributed by atoms with Crippen LogP contribution in [0.4, 0.5) is 0 Å². The second-order valence-electron chi connectivity index (χ2n) is 7.10. The molecule has 1 amide bonds.